The van der Waals surface area contributed by atoms with E-state index in [-0.39, 0.29) is 17.2 Å². The molecule has 0 aliphatic carbocycles. The number of aryl methyl sites for hydroxylation is 1. The van der Waals surface area contributed by atoms with Gasteiger partial charge in [0.05, 0.1) is 31.2 Å². The maximum absolute atomic E-state index is 12.4. The van der Waals surface area contributed by atoms with Crippen LogP contribution in [0.5, 0.6) is 0 Å². The molecule has 8 nitrogen and oxygen atoms in total. The van der Waals surface area contributed by atoms with Gasteiger partial charge in [-0.2, -0.15) is 4.68 Å². The lowest BCUT2D eigenvalue weighted by Crippen LogP contribution is -3.22. The van der Waals surface area contributed by atoms with Gasteiger partial charge in [0.1, 0.15) is 18.6 Å². The van der Waals surface area contributed by atoms with Crippen molar-refractivity contribution >= 4 is 17.7 Å². The molecule has 0 unspecified atom stereocenters. The average molecular weight is 406 g/mol. The van der Waals surface area contributed by atoms with Crippen molar-refractivity contribution in [1.29, 1.82) is 0 Å². The van der Waals surface area contributed by atoms with Crippen molar-refractivity contribution in [3.05, 3.63) is 29.3 Å². The first-order chi connectivity index (χ1) is 13.4. The summed E-state index contributed by atoms with van der Waals surface area (Å²) in [6.45, 7) is 12.6. The van der Waals surface area contributed by atoms with Gasteiger partial charge in [0.25, 0.3) is 0 Å². The molecule has 3 rings (SSSR count). The first kappa shape index (κ1) is 20.8. The zero-order chi connectivity index (χ0) is 20.1. The Morgan fingerprint density at radius 1 is 1.32 bits per heavy atom. The number of benzene rings is 1. The topological polar surface area (TPSA) is 86.4 Å². The van der Waals surface area contributed by atoms with Crippen LogP contribution in [-0.2, 0) is 9.53 Å². The van der Waals surface area contributed by atoms with Gasteiger partial charge in [-0.1, -0.05) is 23.9 Å². The van der Waals surface area contributed by atoms with E-state index in [9.17, 15) is 4.79 Å². The first-order valence-electron chi connectivity index (χ1n) is 9.56. The highest BCUT2D eigenvalue weighted by molar-refractivity contribution is 7.99. The van der Waals surface area contributed by atoms with E-state index in [4.69, 9.17) is 4.74 Å². The summed E-state index contributed by atoms with van der Waals surface area (Å²) in [6.07, 6.45) is 0. The second kappa shape index (κ2) is 9.02. The number of hydrogen-bond acceptors (Lipinski definition) is 6. The second-order valence-electron chi connectivity index (χ2n) is 7.76. The quantitative estimate of drug-likeness (QED) is 0.639. The fourth-order valence-corrected chi connectivity index (χ4v) is 4.02. The molecule has 2 N–H and O–H groups in total. The summed E-state index contributed by atoms with van der Waals surface area (Å²) in [5.74, 6) is 0.265. The maximum Gasteiger partial charge on any atom is 0.230 e. The Morgan fingerprint density at radius 2 is 2.07 bits per heavy atom. The summed E-state index contributed by atoms with van der Waals surface area (Å²) >= 11 is 1.35. The number of ether oxygens (including phenoxy) is 1. The van der Waals surface area contributed by atoms with E-state index in [0.29, 0.717) is 11.7 Å². The number of quaternary nitrogens is 1. The normalized spacial score (nSPS) is 15.6. The predicted octanol–water partition coefficient (Wildman–Crippen LogP) is 0.181. The predicted molar refractivity (Wildman–Crippen MR) is 108 cm³/mol. The minimum atomic E-state index is -0.0234. The standard InChI is InChI=1S/C19H28N6O2S/c1-14-6-5-7-16(15(14)2)25-18(21-22-23-25)28-12-17(26)20-13-19(3,4)24-8-10-27-11-9-24/h5-7H,8-13H2,1-4H3,(H,20,26)/p+1. The lowest BCUT2D eigenvalue weighted by Gasteiger charge is -2.37. The molecule has 1 aliphatic heterocycles. The molecule has 2 aromatic rings. The largest absolute Gasteiger partial charge is 0.370 e. The molecule has 9 heteroatoms. The molecule has 1 aliphatic rings. The number of nitrogens with one attached hydrogen (secondary N) is 2. The Kier molecular flexibility index (Phi) is 6.69. The maximum atomic E-state index is 12.4. The summed E-state index contributed by atoms with van der Waals surface area (Å²) in [5, 5.41) is 15.6. The number of rotatable bonds is 7. The summed E-state index contributed by atoms with van der Waals surface area (Å²) in [6, 6.07) is 6.02. The smallest absolute Gasteiger partial charge is 0.230 e. The van der Waals surface area contributed by atoms with E-state index in [1.165, 1.54) is 22.2 Å². The number of carbonyl (C=O) groups is 1. The summed E-state index contributed by atoms with van der Waals surface area (Å²) in [7, 11) is 0. The Bertz CT molecular complexity index is 817. The molecule has 1 aromatic carbocycles. The highest BCUT2D eigenvalue weighted by atomic mass is 32.2. The number of aromatic nitrogens is 4. The molecule has 1 aromatic heterocycles. The fraction of sp³-hybridized carbons (Fsp3) is 0.579. The molecule has 0 saturated carbocycles. The molecule has 2 heterocycles. The summed E-state index contributed by atoms with van der Waals surface area (Å²) in [4.78, 5) is 13.9. The van der Waals surface area contributed by atoms with Gasteiger partial charge in [-0.15, -0.1) is 5.10 Å². The number of morpholine rings is 1. The zero-order valence-electron chi connectivity index (χ0n) is 17.0. The molecule has 28 heavy (non-hydrogen) atoms. The Balaban J connectivity index is 1.56. The molecule has 0 atom stereocenters. The molecule has 1 fully saturated rings. The highest BCUT2D eigenvalue weighted by Crippen LogP contribution is 2.22. The van der Waals surface area contributed by atoms with Crippen LogP contribution < -0.4 is 10.2 Å². The summed E-state index contributed by atoms with van der Waals surface area (Å²) in [5.41, 5.74) is 3.21. The number of tetrazole rings is 1. The molecule has 0 radical (unpaired) electrons. The number of nitrogens with zero attached hydrogens (tertiary/aromatic N) is 4. The molecule has 1 amide bonds. The molecule has 0 bridgehead atoms. The van der Waals surface area contributed by atoms with E-state index in [2.05, 4.69) is 47.7 Å². The molecular formula is C19H29N6O2S+. The SMILES string of the molecule is Cc1cccc(-n2nnnc2SCC(=O)NCC(C)(C)[NH+]2CCOCC2)c1C. The third-order valence-corrected chi connectivity index (χ3v) is 6.28. The van der Waals surface area contributed by atoms with E-state index >= 15 is 0 Å². The van der Waals surface area contributed by atoms with Crippen LogP contribution in [0.3, 0.4) is 0 Å². The Labute approximate surface area is 170 Å². The minimum Gasteiger partial charge on any atom is -0.370 e. The number of amides is 1. The van der Waals surface area contributed by atoms with E-state index < -0.39 is 0 Å². The van der Waals surface area contributed by atoms with Gasteiger partial charge in [-0.3, -0.25) is 4.79 Å². The number of carbonyl (C=O) groups excluding carboxylic acids is 1. The van der Waals surface area contributed by atoms with Crippen LogP contribution in [0.4, 0.5) is 0 Å². The molecule has 0 spiro atoms. The second-order valence-corrected chi connectivity index (χ2v) is 8.70. The van der Waals surface area contributed by atoms with Crippen molar-refractivity contribution in [2.75, 3.05) is 38.6 Å². The van der Waals surface area contributed by atoms with Gasteiger partial charge in [-0.05, 0) is 55.3 Å². The van der Waals surface area contributed by atoms with Crippen LogP contribution in [-0.4, -0.2) is 70.3 Å². The Hall–Kier alpha value is -1.97. The minimum absolute atomic E-state index is 0.0127. The molecular weight excluding hydrogens is 376 g/mol. The monoisotopic (exact) mass is 405 g/mol. The van der Waals surface area contributed by atoms with Gasteiger partial charge in [0, 0.05) is 0 Å². The van der Waals surface area contributed by atoms with Crippen molar-refractivity contribution in [2.45, 2.75) is 38.4 Å². The highest BCUT2D eigenvalue weighted by Gasteiger charge is 2.32. The third-order valence-electron chi connectivity index (χ3n) is 5.36. The van der Waals surface area contributed by atoms with Gasteiger partial charge >= 0.3 is 0 Å². The van der Waals surface area contributed by atoms with Crippen LogP contribution in [0, 0.1) is 13.8 Å². The number of hydrogen-bond donors (Lipinski definition) is 2. The Morgan fingerprint density at radius 3 is 2.82 bits per heavy atom. The first-order valence-corrected chi connectivity index (χ1v) is 10.5. The van der Waals surface area contributed by atoms with Crippen LogP contribution in [0.25, 0.3) is 5.69 Å². The van der Waals surface area contributed by atoms with Crippen molar-refractivity contribution in [3.63, 3.8) is 0 Å². The van der Waals surface area contributed by atoms with Gasteiger partial charge in [0.15, 0.2) is 0 Å². The van der Waals surface area contributed by atoms with E-state index in [0.717, 1.165) is 37.6 Å². The van der Waals surface area contributed by atoms with Crippen LogP contribution in [0.2, 0.25) is 0 Å². The average Bonchev–Trinajstić information content (AvgIpc) is 3.16. The van der Waals surface area contributed by atoms with Crippen LogP contribution in [0.15, 0.2) is 23.4 Å². The molecule has 1 saturated heterocycles. The van der Waals surface area contributed by atoms with Gasteiger partial charge < -0.3 is 15.0 Å². The van der Waals surface area contributed by atoms with E-state index in [1.54, 1.807) is 4.68 Å². The lowest BCUT2D eigenvalue weighted by molar-refractivity contribution is -0.954. The fourth-order valence-electron chi connectivity index (χ4n) is 3.31. The molecule has 152 valence electrons. The van der Waals surface area contributed by atoms with Gasteiger partial charge in [0.2, 0.25) is 11.1 Å². The summed E-state index contributed by atoms with van der Waals surface area (Å²) < 4.78 is 7.13. The van der Waals surface area contributed by atoms with Crippen LogP contribution in [0.1, 0.15) is 25.0 Å². The van der Waals surface area contributed by atoms with Crippen molar-refractivity contribution < 1.29 is 14.4 Å². The van der Waals surface area contributed by atoms with E-state index in [1.807, 2.05) is 19.1 Å². The van der Waals surface area contributed by atoms with Crippen molar-refractivity contribution in [3.8, 4) is 5.69 Å². The zero-order valence-corrected chi connectivity index (χ0v) is 17.8. The lowest BCUT2D eigenvalue weighted by atomic mass is 10.0. The van der Waals surface area contributed by atoms with Crippen LogP contribution >= 0.6 is 11.8 Å². The van der Waals surface area contributed by atoms with Crippen molar-refractivity contribution in [2.24, 2.45) is 0 Å². The number of thioether (sulfide) groups is 1. The van der Waals surface area contributed by atoms with Crippen molar-refractivity contribution in [1.82, 2.24) is 25.5 Å². The van der Waals surface area contributed by atoms with Gasteiger partial charge in [-0.25, -0.2) is 0 Å². The third kappa shape index (κ3) is 4.89.